The topological polar surface area (TPSA) is 62.7 Å². The van der Waals surface area contributed by atoms with Gasteiger partial charge in [-0.3, -0.25) is 14.6 Å². The predicted octanol–water partition coefficient (Wildman–Crippen LogP) is 2.78. The van der Waals surface area contributed by atoms with Gasteiger partial charge in [0.1, 0.15) is 5.82 Å². The largest absolute Gasteiger partial charge is 0.481 e. The standard InChI is InChI=1S/C22H23F2N3O3/c23-17-1-2-18(24)19(11-17)30-14-21(29)26-9-5-22(6-10-26)12-20(28)27(15-22)13-16-3-7-25-8-4-16/h1-4,7-8,11H,5-6,9-10,12-15H2. The number of likely N-dealkylation sites (tertiary alicyclic amines) is 2. The Balaban J connectivity index is 1.29. The summed E-state index contributed by atoms with van der Waals surface area (Å²) in [6.45, 7) is 1.94. The van der Waals surface area contributed by atoms with Gasteiger partial charge in [-0.2, -0.15) is 0 Å². The molecule has 2 amide bonds. The summed E-state index contributed by atoms with van der Waals surface area (Å²) in [4.78, 5) is 32.5. The molecule has 0 bridgehead atoms. The molecule has 1 spiro atoms. The minimum atomic E-state index is -0.708. The van der Waals surface area contributed by atoms with Gasteiger partial charge >= 0.3 is 0 Å². The molecule has 2 aliphatic heterocycles. The number of carbonyl (C=O) groups excluding carboxylic acids is 2. The van der Waals surface area contributed by atoms with Crippen LogP contribution in [-0.2, 0) is 16.1 Å². The third kappa shape index (κ3) is 4.42. The summed E-state index contributed by atoms with van der Waals surface area (Å²) in [5.41, 5.74) is 0.931. The van der Waals surface area contributed by atoms with E-state index in [1.807, 2.05) is 17.0 Å². The normalized spacial score (nSPS) is 18.1. The number of rotatable bonds is 5. The molecule has 1 aromatic heterocycles. The Labute approximate surface area is 173 Å². The molecule has 2 saturated heterocycles. The lowest BCUT2D eigenvalue weighted by Gasteiger charge is -2.38. The van der Waals surface area contributed by atoms with Crippen LogP contribution in [-0.4, -0.2) is 52.8 Å². The van der Waals surface area contributed by atoms with Crippen LogP contribution in [0.25, 0.3) is 0 Å². The van der Waals surface area contributed by atoms with Crippen molar-refractivity contribution in [3.05, 3.63) is 59.9 Å². The van der Waals surface area contributed by atoms with E-state index in [-0.39, 0.29) is 29.6 Å². The average molecular weight is 415 g/mol. The molecular formula is C22H23F2N3O3. The highest BCUT2D eigenvalue weighted by atomic mass is 19.1. The first-order valence-electron chi connectivity index (χ1n) is 9.96. The van der Waals surface area contributed by atoms with Gasteiger partial charge in [0.05, 0.1) is 0 Å². The van der Waals surface area contributed by atoms with Crippen LogP contribution in [0, 0.1) is 17.0 Å². The molecule has 2 aliphatic rings. The fourth-order valence-corrected chi connectivity index (χ4v) is 4.22. The van der Waals surface area contributed by atoms with E-state index in [4.69, 9.17) is 4.74 Å². The Hall–Kier alpha value is -3.03. The lowest BCUT2D eigenvalue weighted by molar-refractivity contribution is -0.135. The summed E-state index contributed by atoms with van der Waals surface area (Å²) in [5.74, 6) is -1.74. The maximum Gasteiger partial charge on any atom is 0.260 e. The Kier molecular flexibility index (Phi) is 5.65. The second-order valence-corrected chi connectivity index (χ2v) is 8.03. The maximum absolute atomic E-state index is 13.6. The van der Waals surface area contributed by atoms with E-state index in [2.05, 4.69) is 4.98 Å². The molecule has 0 unspecified atom stereocenters. The van der Waals surface area contributed by atoms with Gasteiger partial charge in [-0.25, -0.2) is 8.78 Å². The van der Waals surface area contributed by atoms with Gasteiger partial charge in [0.2, 0.25) is 5.91 Å². The van der Waals surface area contributed by atoms with Crippen LogP contribution in [0.1, 0.15) is 24.8 Å². The zero-order valence-electron chi connectivity index (χ0n) is 16.5. The Morgan fingerprint density at radius 3 is 2.60 bits per heavy atom. The van der Waals surface area contributed by atoms with Crippen LogP contribution in [0.3, 0.4) is 0 Å². The number of benzene rings is 1. The number of carbonyl (C=O) groups is 2. The van der Waals surface area contributed by atoms with Gasteiger partial charge in [0.25, 0.3) is 5.91 Å². The van der Waals surface area contributed by atoms with Crippen LogP contribution in [0.2, 0.25) is 0 Å². The van der Waals surface area contributed by atoms with Crippen LogP contribution < -0.4 is 4.74 Å². The fourth-order valence-electron chi connectivity index (χ4n) is 4.22. The highest BCUT2D eigenvalue weighted by Crippen LogP contribution is 2.41. The summed E-state index contributed by atoms with van der Waals surface area (Å²) in [6.07, 6.45) is 5.38. The minimum Gasteiger partial charge on any atom is -0.481 e. The van der Waals surface area contributed by atoms with Crippen molar-refractivity contribution >= 4 is 11.8 Å². The third-order valence-corrected chi connectivity index (χ3v) is 5.95. The van der Waals surface area contributed by atoms with Crippen molar-refractivity contribution in [2.24, 2.45) is 5.41 Å². The number of halogens is 2. The molecule has 1 aromatic carbocycles. The molecule has 30 heavy (non-hydrogen) atoms. The molecule has 6 nitrogen and oxygen atoms in total. The van der Waals surface area contributed by atoms with Crippen molar-refractivity contribution in [1.82, 2.24) is 14.8 Å². The summed E-state index contributed by atoms with van der Waals surface area (Å²) in [6, 6.07) is 6.70. The molecule has 0 atom stereocenters. The summed E-state index contributed by atoms with van der Waals surface area (Å²) >= 11 is 0. The minimum absolute atomic E-state index is 0.115. The lowest BCUT2D eigenvalue weighted by Crippen LogP contribution is -2.45. The maximum atomic E-state index is 13.6. The second kappa shape index (κ2) is 8.38. The average Bonchev–Trinajstić information content (AvgIpc) is 3.04. The van der Waals surface area contributed by atoms with Crippen LogP contribution in [0.5, 0.6) is 5.75 Å². The van der Waals surface area contributed by atoms with Crippen molar-refractivity contribution in [1.29, 1.82) is 0 Å². The number of ether oxygens (including phenoxy) is 1. The number of hydrogen-bond acceptors (Lipinski definition) is 4. The molecule has 0 aliphatic carbocycles. The number of nitrogens with zero attached hydrogens (tertiary/aromatic N) is 3. The van der Waals surface area contributed by atoms with E-state index in [9.17, 15) is 18.4 Å². The number of aromatic nitrogens is 1. The van der Waals surface area contributed by atoms with Crippen molar-refractivity contribution in [2.45, 2.75) is 25.8 Å². The Bertz CT molecular complexity index is 930. The number of pyridine rings is 1. The summed E-state index contributed by atoms with van der Waals surface area (Å²) < 4.78 is 32.0. The van der Waals surface area contributed by atoms with Crippen molar-refractivity contribution in [3.8, 4) is 5.75 Å². The summed E-state index contributed by atoms with van der Waals surface area (Å²) in [7, 11) is 0. The zero-order valence-corrected chi connectivity index (χ0v) is 16.5. The quantitative estimate of drug-likeness (QED) is 0.754. The van der Waals surface area contributed by atoms with E-state index in [1.165, 1.54) is 0 Å². The van der Waals surface area contributed by atoms with Crippen LogP contribution in [0.15, 0.2) is 42.7 Å². The van der Waals surface area contributed by atoms with E-state index < -0.39 is 11.6 Å². The van der Waals surface area contributed by atoms with Gasteiger partial charge in [-0.15, -0.1) is 0 Å². The zero-order chi connectivity index (χ0) is 21.1. The second-order valence-electron chi connectivity index (χ2n) is 8.03. The van der Waals surface area contributed by atoms with E-state index in [0.717, 1.165) is 36.6 Å². The van der Waals surface area contributed by atoms with Crippen LogP contribution in [0.4, 0.5) is 8.78 Å². The molecule has 158 valence electrons. The SMILES string of the molecule is O=C(COc1cc(F)ccc1F)N1CCC2(CC1)CC(=O)N(Cc1ccncc1)C2. The number of piperidine rings is 1. The third-order valence-electron chi connectivity index (χ3n) is 5.95. The van der Waals surface area contributed by atoms with E-state index in [1.54, 1.807) is 17.3 Å². The van der Waals surface area contributed by atoms with Crippen molar-refractivity contribution < 1.29 is 23.1 Å². The number of amides is 2. The van der Waals surface area contributed by atoms with E-state index in [0.29, 0.717) is 32.6 Å². The number of hydrogen-bond donors (Lipinski definition) is 0. The van der Waals surface area contributed by atoms with E-state index >= 15 is 0 Å². The smallest absolute Gasteiger partial charge is 0.260 e. The van der Waals surface area contributed by atoms with Gasteiger partial charge < -0.3 is 14.5 Å². The lowest BCUT2D eigenvalue weighted by atomic mass is 9.77. The highest BCUT2D eigenvalue weighted by Gasteiger charge is 2.45. The molecule has 0 saturated carbocycles. The monoisotopic (exact) mass is 415 g/mol. The Morgan fingerprint density at radius 2 is 1.87 bits per heavy atom. The first-order valence-corrected chi connectivity index (χ1v) is 9.96. The van der Waals surface area contributed by atoms with Crippen molar-refractivity contribution in [3.63, 3.8) is 0 Å². The van der Waals surface area contributed by atoms with Gasteiger partial charge in [-0.1, -0.05) is 0 Å². The molecular weight excluding hydrogens is 392 g/mol. The first kappa shape index (κ1) is 20.3. The predicted molar refractivity (Wildman–Crippen MR) is 104 cm³/mol. The Morgan fingerprint density at radius 1 is 1.13 bits per heavy atom. The molecule has 0 radical (unpaired) electrons. The van der Waals surface area contributed by atoms with Crippen LogP contribution >= 0.6 is 0 Å². The van der Waals surface area contributed by atoms with Gasteiger partial charge in [0, 0.05) is 56.5 Å². The van der Waals surface area contributed by atoms with Gasteiger partial charge in [-0.05, 0) is 42.7 Å². The molecule has 0 N–H and O–H groups in total. The molecule has 4 rings (SSSR count). The molecule has 3 heterocycles. The molecule has 2 fully saturated rings. The van der Waals surface area contributed by atoms with Crippen molar-refractivity contribution in [2.75, 3.05) is 26.2 Å². The summed E-state index contributed by atoms with van der Waals surface area (Å²) in [5, 5.41) is 0. The first-order chi connectivity index (χ1) is 14.4. The molecule has 8 heteroatoms. The fraction of sp³-hybridized carbons (Fsp3) is 0.409. The van der Waals surface area contributed by atoms with Gasteiger partial charge in [0.15, 0.2) is 18.2 Å². The highest BCUT2D eigenvalue weighted by molar-refractivity contribution is 5.80. The molecule has 2 aromatic rings.